The van der Waals surface area contributed by atoms with Gasteiger partial charge in [0.1, 0.15) is 6.04 Å². The highest BCUT2D eigenvalue weighted by atomic mass is 16.2. The fourth-order valence-electron chi connectivity index (χ4n) is 3.17. The fraction of sp³-hybridized carbons (Fsp3) is 0.500. The third-order valence-electron chi connectivity index (χ3n) is 4.20. The summed E-state index contributed by atoms with van der Waals surface area (Å²) in [4.78, 5) is 26.6. The van der Waals surface area contributed by atoms with Crippen LogP contribution in [0.5, 0.6) is 0 Å². The largest absolute Gasteiger partial charge is 0.359 e. The molecule has 1 atom stereocenters. The Labute approximate surface area is 119 Å². The highest BCUT2D eigenvalue weighted by Gasteiger charge is 2.31. The number of carbonyl (C=O) groups is 2. The van der Waals surface area contributed by atoms with Crippen molar-refractivity contribution in [2.45, 2.75) is 38.1 Å². The van der Waals surface area contributed by atoms with Crippen LogP contribution in [0.25, 0.3) is 0 Å². The van der Waals surface area contributed by atoms with Gasteiger partial charge in [-0.15, -0.1) is 0 Å². The van der Waals surface area contributed by atoms with Gasteiger partial charge in [-0.1, -0.05) is 12.1 Å². The molecule has 1 amide bonds. The number of rotatable bonds is 1. The molecule has 4 heteroatoms. The van der Waals surface area contributed by atoms with Crippen LogP contribution in [-0.2, 0) is 4.79 Å². The molecule has 0 bridgehead atoms. The third-order valence-corrected chi connectivity index (χ3v) is 4.20. The molecule has 0 spiro atoms. The predicted molar refractivity (Wildman–Crippen MR) is 78.0 cm³/mol. The Bertz CT molecular complexity index is 527. The van der Waals surface area contributed by atoms with Crippen molar-refractivity contribution in [3.8, 4) is 0 Å². The highest BCUT2D eigenvalue weighted by Crippen LogP contribution is 2.29. The normalized spacial score (nSPS) is 23.6. The van der Waals surface area contributed by atoms with Gasteiger partial charge in [0.15, 0.2) is 5.78 Å². The molecule has 20 heavy (non-hydrogen) atoms. The van der Waals surface area contributed by atoms with Crippen LogP contribution in [0, 0.1) is 0 Å². The quantitative estimate of drug-likeness (QED) is 0.852. The number of nitrogens with zero attached hydrogens (tertiary/aromatic N) is 1. The fourth-order valence-corrected chi connectivity index (χ4v) is 3.17. The third kappa shape index (κ3) is 2.42. The number of benzene rings is 1. The maximum Gasteiger partial charge on any atom is 0.242 e. The van der Waals surface area contributed by atoms with E-state index in [0.29, 0.717) is 6.42 Å². The van der Waals surface area contributed by atoms with Crippen molar-refractivity contribution >= 4 is 17.4 Å². The molecular formula is C16H20N2O2. The van der Waals surface area contributed by atoms with Crippen molar-refractivity contribution in [2.24, 2.45) is 0 Å². The standard InChI is InChI=1S/C16H20N2O2/c19-15-9-5-11-18(13-7-2-1-6-12(13)15)14-8-3-4-10-17-16(14)20/h1-2,6-7,14H,3-5,8-11H2,(H,17,20). The first-order valence-electron chi connectivity index (χ1n) is 7.44. The minimum Gasteiger partial charge on any atom is -0.359 e. The zero-order valence-electron chi connectivity index (χ0n) is 11.6. The summed E-state index contributed by atoms with van der Waals surface area (Å²) < 4.78 is 0. The molecule has 0 aromatic heterocycles. The molecule has 0 radical (unpaired) electrons. The van der Waals surface area contributed by atoms with Crippen LogP contribution in [0.2, 0.25) is 0 Å². The molecule has 3 rings (SSSR count). The summed E-state index contributed by atoms with van der Waals surface area (Å²) in [6, 6.07) is 7.55. The molecule has 106 valence electrons. The molecule has 1 aromatic rings. The lowest BCUT2D eigenvalue weighted by molar-refractivity contribution is -0.122. The van der Waals surface area contributed by atoms with E-state index < -0.39 is 0 Å². The van der Waals surface area contributed by atoms with Gasteiger partial charge in [-0.05, 0) is 37.8 Å². The lowest BCUT2D eigenvalue weighted by atomic mass is 10.0. The molecule has 1 saturated heterocycles. The Balaban J connectivity index is 1.97. The van der Waals surface area contributed by atoms with Crippen molar-refractivity contribution < 1.29 is 9.59 Å². The molecule has 0 saturated carbocycles. The van der Waals surface area contributed by atoms with Crippen molar-refractivity contribution in [2.75, 3.05) is 18.0 Å². The van der Waals surface area contributed by atoms with E-state index in [0.717, 1.165) is 50.0 Å². The molecule has 2 heterocycles. The molecule has 1 N–H and O–H groups in total. The molecule has 2 aliphatic heterocycles. The number of carbonyl (C=O) groups excluding carboxylic acids is 2. The lowest BCUT2D eigenvalue weighted by Gasteiger charge is -2.31. The molecular weight excluding hydrogens is 252 g/mol. The number of hydrogen-bond acceptors (Lipinski definition) is 3. The maximum atomic E-state index is 12.3. The van der Waals surface area contributed by atoms with Gasteiger partial charge in [-0.25, -0.2) is 0 Å². The minimum absolute atomic E-state index is 0.103. The van der Waals surface area contributed by atoms with Crippen LogP contribution in [-0.4, -0.2) is 30.8 Å². The summed E-state index contributed by atoms with van der Waals surface area (Å²) in [6.07, 6.45) is 4.35. The number of Topliss-reactive ketones (excluding diaryl/α,β-unsaturated/α-hetero) is 1. The smallest absolute Gasteiger partial charge is 0.242 e. The number of hydrogen-bond donors (Lipinski definition) is 1. The van der Waals surface area contributed by atoms with Crippen LogP contribution >= 0.6 is 0 Å². The van der Waals surface area contributed by atoms with E-state index in [2.05, 4.69) is 10.2 Å². The number of nitrogens with one attached hydrogen (secondary N) is 1. The number of anilines is 1. The van der Waals surface area contributed by atoms with Crippen LogP contribution in [0.1, 0.15) is 42.5 Å². The van der Waals surface area contributed by atoms with Gasteiger partial charge < -0.3 is 10.2 Å². The van der Waals surface area contributed by atoms with Gasteiger partial charge in [0.05, 0.1) is 0 Å². The summed E-state index contributed by atoms with van der Waals surface area (Å²) in [5, 5.41) is 2.99. The zero-order chi connectivity index (χ0) is 13.9. The SMILES string of the molecule is O=C1CCCN(C2CCCCNC2=O)c2ccccc21. The van der Waals surface area contributed by atoms with E-state index in [1.54, 1.807) is 0 Å². The van der Waals surface area contributed by atoms with Gasteiger partial charge in [-0.3, -0.25) is 9.59 Å². The molecule has 1 unspecified atom stereocenters. The van der Waals surface area contributed by atoms with Crippen molar-refractivity contribution in [1.82, 2.24) is 5.32 Å². The van der Waals surface area contributed by atoms with Crippen molar-refractivity contribution in [1.29, 1.82) is 0 Å². The summed E-state index contributed by atoms with van der Waals surface area (Å²) in [6.45, 7) is 1.55. The van der Waals surface area contributed by atoms with Crippen LogP contribution in [0.3, 0.4) is 0 Å². The van der Waals surface area contributed by atoms with Gasteiger partial charge in [0.25, 0.3) is 0 Å². The average molecular weight is 272 g/mol. The van der Waals surface area contributed by atoms with E-state index in [-0.39, 0.29) is 17.7 Å². The molecule has 0 aliphatic carbocycles. The van der Waals surface area contributed by atoms with E-state index in [1.165, 1.54) is 0 Å². The topological polar surface area (TPSA) is 49.4 Å². The number of amides is 1. The first kappa shape index (κ1) is 13.2. The van der Waals surface area contributed by atoms with Gasteiger partial charge in [0.2, 0.25) is 5.91 Å². The Morgan fingerprint density at radius 2 is 1.95 bits per heavy atom. The van der Waals surface area contributed by atoms with E-state index in [4.69, 9.17) is 0 Å². The van der Waals surface area contributed by atoms with Crippen molar-refractivity contribution in [3.63, 3.8) is 0 Å². The van der Waals surface area contributed by atoms with Crippen LogP contribution < -0.4 is 10.2 Å². The molecule has 1 fully saturated rings. The Kier molecular flexibility index (Phi) is 3.72. The van der Waals surface area contributed by atoms with E-state index >= 15 is 0 Å². The minimum atomic E-state index is -0.135. The summed E-state index contributed by atoms with van der Waals surface area (Å²) in [5.41, 5.74) is 1.69. The van der Waals surface area contributed by atoms with Gasteiger partial charge in [-0.2, -0.15) is 0 Å². The van der Waals surface area contributed by atoms with Crippen LogP contribution in [0.15, 0.2) is 24.3 Å². The number of para-hydroxylation sites is 1. The van der Waals surface area contributed by atoms with E-state index in [9.17, 15) is 9.59 Å². The first-order chi connectivity index (χ1) is 9.77. The Morgan fingerprint density at radius 3 is 2.85 bits per heavy atom. The summed E-state index contributed by atoms with van der Waals surface area (Å²) >= 11 is 0. The highest BCUT2D eigenvalue weighted by molar-refractivity contribution is 6.02. The zero-order valence-corrected chi connectivity index (χ0v) is 11.6. The Hall–Kier alpha value is -1.84. The Morgan fingerprint density at radius 1 is 1.10 bits per heavy atom. The predicted octanol–water partition coefficient (Wildman–Crippen LogP) is 2.14. The monoisotopic (exact) mass is 272 g/mol. The summed E-state index contributed by atoms with van der Waals surface area (Å²) in [7, 11) is 0. The second-order valence-electron chi connectivity index (χ2n) is 5.54. The average Bonchev–Trinajstić information content (AvgIpc) is 2.76. The maximum absolute atomic E-state index is 12.3. The number of fused-ring (bicyclic) bond motifs is 1. The molecule has 2 aliphatic rings. The van der Waals surface area contributed by atoms with Gasteiger partial charge in [0, 0.05) is 30.8 Å². The first-order valence-corrected chi connectivity index (χ1v) is 7.44. The second-order valence-corrected chi connectivity index (χ2v) is 5.54. The van der Waals surface area contributed by atoms with Gasteiger partial charge >= 0.3 is 0 Å². The van der Waals surface area contributed by atoms with Crippen LogP contribution in [0.4, 0.5) is 5.69 Å². The molecule has 1 aromatic carbocycles. The van der Waals surface area contributed by atoms with E-state index in [1.807, 2.05) is 24.3 Å². The second kappa shape index (κ2) is 5.65. The summed E-state index contributed by atoms with van der Waals surface area (Å²) in [5.74, 6) is 0.295. The van der Waals surface area contributed by atoms with Crippen molar-refractivity contribution in [3.05, 3.63) is 29.8 Å². The lowest BCUT2D eigenvalue weighted by Crippen LogP contribution is -2.46. The number of ketones is 1. The molecule has 4 nitrogen and oxygen atoms in total.